The normalized spacial score (nSPS) is 16.2. The van der Waals surface area contributed by atoms with Gasteiger partial charge in [-0.1, -0.05) is 54.1 Å². The van der Waals surface area contributed by atoms with Gasteiger partial charge in [0.1, 0.15) is 5.70 Å². The van der Waals surface area contributed by atoms with Crippen molar-refractivity contribution in [1.82, 2.24) is 10.2 Å². The second kappa shape index (κ2) is 6.03. The zero-order chi connectivity index (χ0) is 15.5. The van der Waals surface area contributed by atoms with E-state index in [4.69, 9.17) is 11.6 Å². The fourth-order valence-corrected chi connectivity index (χ4v) is 2.37. The standard InChI is InChI=1S/C17H13ClN2O2/c18-14-8-6-12(7-9-14)10-15-16(21)19-17(22)20(15)11-13-4-2-1-3-5-13/h1-10H,11H2,(H,19,21,22)/b15-10-. The SMILES string of the molecule is O=C1NC(=O)N(Cc2ccccc2)/C1=C\c1ccc(Cl)cc1. The molecule has 3 amide bonds. The molecule has 0 unspecified atom stereocenters. The Hall–Kier alpha value is -2.59. The van der Waals surface area contributed by atoms with Gasteiger partial charge < -0.3 is 0 Å². The molecule has 1 heterocycles. The number of nitrogens with one attached hydrogen (secondary N) is 1. The van der Waals surface area contributed by atoms with Gasteiger partial charge in [-0.15, -0.1) is 0 Å². The average Bonchev–Trinajstić information content (AvgIpc) is 2.77. The van der Waals surface area contributed by atoms with Crippen molar-refractivity contribution in [3.63, 3.8) is 0 Å². The maximum Gasteiger partial charge on any atom is 0.329 e. The lowest BCUT2D eigenvalue weighted by molar-refractivity contribution is -0.116. The molecular formula is C17H13ClN2O2. The van der Waals surface area contributed by atoms with Crippen molar-refractivity contribution < 1.29 is 9.59 Å². The lowest BCUT2D eigenvalue weighted by atomic mass is 10.1. The minimum atomic E-state index is -0.408. The van der Waals surface area contributed by atoms with E-state index in [9.17, 15) is 9.59 Å². The third kappa shape index (κ3) is 3.02. The molecule has 1 saturated heterocycles. The molecule has 2 aromatic rings. The van der Waals surface area contributed by atoms with Crippen molar-refractivity contribution in [2.45, 2.75) is 6.54 Å². The van der Waals surface area contributed by atoms with E-state index in [2.05, 4.69) is 5.32 Å². The van der Waals surface area contributed by atoms with E-state index in [1.165, 1.54) is 4.90 Å². The van der Waals surface area contributed by atoms with Crippen LogP contribution in [0.3, 0.4) is 0 Å². The molecule has 1 aliphatic heterocycles. The summed E-state index contributed by atoms with van der Waals surface area (Å²) >= 11 is 5.85. The summed E-state index contributed by atoms with van der Waals surface area (Å²) in [4.78, 5) is 25.4. The Labute approximate surface area is 133 Å². The molecule has 1 N–H and O–H groups in total. The quantitative estimate of drug-likeness (QED) is 0.697. The van der Waals surface area contributed by atoms with Crippen molar-refractivity contribution >= 4 is 29.6 Å². The van der Waals surface area contributed by atoms with Crippen LogP contribution in [0.5, 0.6) is 0 Å². The number of amides is 3. The van der Waals surface area contributed by atoms with Crippen LogP contribution in [-0.2, 0) is 11.3 Å². The molecule has 4 nitrogen and oxygen atoms in total. The van der Waals surface area contributed by atoms with Crippen LogP contribution in [0.1, 0.15) is 11.1 Å². The van der Waals surface area contributed by atoms with Crippen molar-refractivity contribution in [1.29, 1.82) is 0 Å². The van der Waals surface area contributed by atoms with Gasteiger partial charge in [-0.2, -0.15) is 0 Å². The Morgan fingerprint density at radius 3 is 2.36 bits per heavy atom. The smallest absolute Gasteiger partial charge is 0.284 e. The number of hydrogen-bond donors (Lipinski definition) is 1. The Morgan fingerprint density at radius 2 is 1.68 bits per heavy atom. The number of imide groups is 1. The fraction of sp³-hybridized carbons (Fsp3) is 0.0588. The maximum absolute atomic E-state index is 12.0. The third-order valence-electron chi connectivity index (χ3n) is 3.35. The molecule has 0 radical (unpaired) electrons. The van der Waals surface area contributed by atoms with E-state index in [1.807, 2.05) is 30.3 Å². The Bertz CT molecular complexity index is 739. The number of urea groups is 1. The van der Waals surface area contributed by atoms with Crippen LogP contribution >= 0.6 is 11.6 Å². The number of rotatable bonds is 3. The number of halogens is 1. The van der Waals surface area contributed by atoms with Crippen molar-refractivity contribution in [2.75, 3.05) is 0 Å². The Balaban J connectivity index is 1.91. The van der Waals surface area contributed by atoms with Gasteiger partial charge in [0.05, 0.1) is 6.54 Å². The molecule has 0 aliphatic carbocycles. The minimum Gasteiger partial charge on any atom is -0.284 e. The van der Waals surface area contributed by atoms with Gasteiger partial charge >= 0.3 is 6.03 Å². The summed E-state index contributed by atoms with van der Waals surface area (Å²) in [6, 6.07) is 16.2. The van der Waals surface area contributed by atoms with Crippen LogP contribution in [-0.4, -0.2) is 16.8 Å². The molecule has 5 heteroatoms. The van der Waals surface area contributed by atoms with E-state index in [1.54, 1.807) is 30.3 Å². The van der Waals surface area contributed by atoms with Gasteiger partial charge in [0, 0.05) is 5.02 Å². The number of hydrogen-bond acceptors (Lipinski definition) is 2. The molecule has 0 atom stereocenters. The third-order valence-corrected chi connectivity index (χ3v) is 3.60. The monoisotopic (exact) mass is 312 g/mol. The lowest BCUT2D eigenvalue weighted by Crippen LogP contribution is -2.27. The summed E-state index contributed by atoms with van der Waals surface area (Å²) in [6.07, 6.45) is 1.68. The van der Waals surface area contributed by atoms with Gasteiger partial charge in [-0.25, -0.2) is 4.79 Å². The van der Waals surface area contributed by atoms with E-state index in [-0.39, 0.29) is 0 Å². The van der Waals surface area contributed by atoms with Crippen molar-refractivity contribution in [3.8, 4) is 0 Å². The van der Waals surface area contributed by atoms with Crippen LogP contribution < -0.4 is 5.32 Å². The first-order valence-electron chi connectivity index (χ1n) is 6.77. The minimum absolute atomic E-state index is 0.330. The molecule has 1 aliphatic rings. The van der Waals surface area contributed by atoms with Crippen molar-refractivity contribution in [3.05, 3.63) is 76.4 Å². The van der Waals surface area contributed by atoms with E-state index in [0.29, 0.717) is 17.3 Å². The summed E-state index contributed by atoms with van der Waals surface area (Å²) in [6.45, 7) is 0.345. The highest BCUT2D eigenvalue weighted by Gasteiger charge is 2.32. The maximum atomic E-state index is 12.0. The molecule has 0 saturated carbocycles. The fourth-order valence-electron chi connectivity index (χ4n) is 2.24. The lowest BCUT2D eigenvalue weighted by Gasteiger charge is -2.15. The second-order valence-electron chi connectivity index (χ2n) is 4.91. The van der Waals surface area contributed by atoms with Crippen LogP contribution in [0.4, 0.5) is 4.79 Å². The molecule has 110 valence electrons. The van der Waals surface area contributed by atoms with E-state index >= 15 is 0 Å². The van der Waals surface area contributed by atoms with E-state index < -0.39 is 11.9 Å². The molecular weight excluding hydrogens is 300 g/mol. The first kappa shape index (κ1) is 14.4. The highest BCUT2D eigenvalue weighted by Crippen LogP contribution is 2.20. The summed E-state index contributed by atoms with van der Waals surface area (Å²) in [5, 5.41) is 2.94. The van der Waals surface area contributed by atoms with Gasteiger partial charge in [0.15, 0.2) is 0 Å². The van der Waals surface area contributed by atoms with Gasteiger partial charge in [-0.3, -0.25) is 15.0 Å². The molecule has 0 bridgehead atoms. The zero-order valence-electron chi connectivity index (χ0n) is 11.6. The topological polar surface area (TPSA) is 49.4 Å². The molecule has 0 aromatic heterocycles. The molecule has 1 fully saturated rings. The predicted octanol–water partition coefficient (Wildman–Crippen LogP) is 3.43. The van der Waals surface area contributed by atoms with Crippen LogP contribution in [0.15, 0.2) is 60.3 Å². The summed E-state index contributed by atoms with van der Waals surface area (Å²) in [7, 11) is 0. The van der Waals surface area contributed by atoms with Crippen molar-refractivity contribution in [2.24, 2.45) is 0 Å². The molecule has 2 aromatic carbocycles. The highest BCUT2D eigenvalue weighted by atomic mass is 35.5. The van der Waals surface area contributed by atoms with Gasteiger partial charge in [0.2, 0.25) is 0 Å². The van der Waals surface area contributed by atoms with E-state index in [0.717, 1.165) is 11.1 Å². The van der Waals surface area contributed by atoms with Crippen LogP contribution in [0, 0.1) is 0 Å². The Kier molecular flexibility index (Phi) is 3.94. The average molecular weight is 313 g/mol. The first-order chi connectivity index (χ1) is 10.6. The van der Waals surface area contributed by atoms with Crippen LogP contribution in [0.2, 0.25) is 5.02 Å². The molecule has 3 rings (SSSR count). The summed E-state index contributed by atoms with van der Waals surface area (Å²) in [5.41, 5.74) is 2.09. The molecule has 0 spiro atoms. The molecule has 22 heavy (non-hydrogen) atoms. The summed E-state index contributed by atoms with van der Waals surface area (Å²) < 4.78 is 0. The number of carbonyl (C=O) groups is 2. The predicted molar refractivity (Wildman–Crippen MR) is 85.0 cm³/mol. The van der Waals surface area contributed by atoms with Gasteiger partial charge in [-0.05, 0) is 29.3 Å². The second-order valence-corrected chi connectivity index (χ2v) is 5.35. The number of carbonyl (C=O) groups excluding carboxylic acids is 2. The number of benzene rings is 2. The largest absolute Gasteiger partial charge is 0.329 e. The van der Waals surface area contributed by atoms with Crippen LogP contribution in [0.25, 0.3) is 6.08 Å². The number of nitrogens with zero attached hydrogens (tertiary/aromatic N) is 1. The first-order valence-corrected chi connectivity index (χ1v) is 7.15. The Morgan fingerprint density at radius 1 is 1.00 bits per heavy atom. The zero-order valence-corrected chi connectivity index (χ0v) is 12.4. The van der Waals surface area contributed by atoms with Gasteiger partial charge in [0.25, 0.3) is 5.91 Å². The summed E-state index contributed by atoms with van der Waals surface area (Å²) in [5.74, 6) is -0.393. The highest BCUT2D eigenvalue weighted by molar-refractivity contribution is 6.30.